The Bertz CT molecular complexity index is 1070. The minimum absolute atomic E-state index is 0.120. The molecule has 1 aliphatic heterocycles. The van der Waals surface area contributed by atoms with E-state index < -0.39 is 5.82 Å². The number of halogens is 2. The Kier molecular flexibility index (Phi) is 5.53. The van der Waals surface area contributed by atoms with Crippen molar-refractivity contribution in [3.05, 3.63) is 82.5 Å². The van der Waals surface area contributed by atoms with Crippen molar-refractivity contribution in [2.75, 3.05) is 13.2 Å². The van der Waals surface area contributed by atoms with Crippen LogP contribution < -0.4 is 14.2 Å². The number of carbonyl (C=O) groups excluding carboxylic acids is 1. The molecule has 0 aliphatic carbocycles. The van der Waals surface area contributed by atoms with Crippen LogP contribution in [0.2, 0.25) is 5.02 Å². The van der Waals surface area contributed by atoms with Gasteiger partial charge < -0.3 is 18.6 Å². The van der Waals surface area contributed by atoms with E-state index >= 15 is 0 Å². The first kappa shape index (κ1) is 19.1. The van der Waals surface area contributed by atoms with Crippen molar-refractivity contribution in [1.82, 2.24) is 0 Å². The van der Waals surface area contributed by atoms with Gasteiger partial charge in [0.2, 0.25) is 0 Å². The molecule has 0 amide bonds. The van der Waals surface area contributed by atoms with Gasteiger partial charge in [-0.2, -0.15) is 0 Å². The van der Waals surface area contributed by atoms with E-state index in [1.54, 1.807) is 36.4 Å². The van der Waals surface area contributed by atoms with Gasteiger partial charge >= 0.3 is 0 Å². The van der Waals surface area contributed by atoms with E-state index in [1.807, 2.05) is 0 Å². The lowest BCUT2D eigenvalue weighted by Gasteiger charge is -2.18. The maximum absolute atomic E-state index is 13.1. The fourth-order valence-corrected chi connectivity index (χ4v) is 2.98. The summed E-state index contributed by atoms with van der Waals surface area (Å²) in [6, 6.07) is 12.4. The first-order valence-corrected chi connectivity index (χ1v) is 9.25. The fourth-order valence-electron chi connectivity index (χ4n) is 2.75. The number of allylic oxidation sites excluding steroid dienone is 1. The standard InChI is InChI=1S/C22H16ClFO5/c23-18-12-15(24)2-8-20(18)28-13-17-4-3-16(29-17)5-6-19(25)14-1-7-21-22(11-14)27-10-9-26-21/h1-8,11-12H,9-10,13H2/b6-5+. The molecule has 0 bridgehead atoms. The van der Waals surface area contributed by atoms with E-state index in [-0.39, 0.29) is 17.4 Å². The lowest BCUT2D eigenvalue weighted by Crippen LogP contribution is -2.15. The number of hydrogen-bond acceptors (Lipinski definition) is 5. The van der Waals surface area contributed by atoms with Crippen molar-refractivity contribution in [2.24, 2.45) is 0 Å². The average molecular weight is 415 g/mol. The monoisotopic (exact) mass is 414 g/mol. The van der Waals surface area contributed by atoms with Crippen LogP contribution in [0.4, 0.5) is 4.39 Å². The third-order valence-electron chi connectivity index (χ3n) is 4.17. The van der Waals surface area contributed by atoms with Gasteiger partial charge in [-0.1, -0.05) is 11.6 Å². The van der Waals surface area contributed by atoms with Gasteiger partial charge in [-0.05, 0) is 60.7 Å². The minimum atomic E-state index is -0.435. The normalized spacial score (nSPS) is 12.9. The first-order valence-electron chi connectivity index (χ1n) is 8.87. The Morgan fingerprint density at radius 3 is 2.72 bits per heavy atom. The van der Waals surface area contributed by atoms with Gasteiger partial charge in [-0.25, -0.2) is 4.39 Å². The zero-order valence-corrected chi connectivity index (χ0v) is 15.9. The van der Waals surface area contributed by atoms with Crippen molar-refractivity contribution in [3.8, 4) is 17.2 Å². The highest BCUT2D eigenvalue weighted by Gasteiger charge is 2.14. The van der Waals surface area contributed by atoms with Crippen LogP contribution in [0.5, 0.6) is 17.2 Å². The molecule has 0 atom stereocenters. The Morgan fingerprint density at radius 1 is 1.07 bits per heavy atom. The number of furan rings is 1. The SMILES string of the molecule is O=C(/C=C/c1ccc(COc2ccc(F)cc2Cl)o1)c1ccc2c(c1)OCCO2. The molecular formula is C22H16ClFO5. The number of carbonyl (C=O) groups is 1. The van der Waals surface area contributed by atoms with E-state index in [1.165, 1.54) is 24.3 Å². The molecule has 0 N–H and O–H groups in total. The molecule has 5 nitrogen and oxygen atoms in total. The van der Waals surface area contributed by atoms with Crippen LogP contribution in [0.15, 0.2) is 59.0 Å². The molecule has 0 spiro atoms. The van der Waals surface area contributed by atoms with Crippen LogP contribution in [0, 0.1) is 5.82 Å². The third kappa shape index (κ3) is 4.60. The maximum Gasteiger partial charge on any atom is 0.186 e. The lowest BCUT2D eigenvalue weighted by atomic mass is 10.1. The second-order valence-electron chi connectivity index (χ2n) is 6.22. The molecular weight excluding hydrogens is 399 g/mol. The van der Waals surface area contributed by atoms with Crippen molar-refractivity contribution < 1.29 is 27.8 Å². The molecule has 0 unspecified atom stereocenters. The van der Waals surface area contributed by atoms with E-state index in [0.29, 0.717) is 47.5 Å². The lowest BCUT2D eigenvalue weighted by molar-refractivity contribution is 0.104. The molecule has 148 valence electrons. The van der Waals surface area contributed by atoms with Gasteiger partial charge in [0, 0.05) is 5.56 Å². The molecule has 0 saturated carbocycles. The summed E-state index contributed by atoms with van der Waals surface area (Å²) in [5.41, 5.74) is 0.492. The summed E-state index contributed by atoms with van der Waals surface area (Å²) >= 11 is 5.93. The second kappa shape index (κ2) is 8.41. The van der Waals surface area contributed by atoms with E-state index in [4.69, 9.17) is 30.2 Å². The smallest absolute Gasteiger partial charge is 0.186 e. The van der Waals surface area contributed by atoms with Gasteiger partial charge in [0.25, 0.3) is 0 Å². The van der Waals surface area contributed by atoms with Gasteiger partial charge in [-0.15, -0.1) is 0 Å². The first-order chi connectivity index (χ1) is 14.1. The molecule has 2 aromatic carbocycles. The predicted molar refractivity (Wildman–Crippen MR) is 105 cm³/mol. The fraction of sp³-hybridized carbons (Fsp3) is 0.136. The van der Waals surface area contributed by atoms with Crippen LogP contribution in [-0.2, 0) is 6.61 Å². The Labute approximate surface area is 171 Å². The van der Waals surface area contributed by atoms with Gasteiger partial charge in [0.15, 0.2) is 17.3 Å². The topological polar surface area (TPSA) is 57.9 Å². The van der Waals surface area contributed by atoms with Gasteiger partial charge in [-0.3, -0.25) is 4.79 Å². The van der Waals surface area contributed by atoms with E-state index in [0.717, 1.165) is 0 Å². The molecule has 2 heterocycles. The van der Waals surface area contributed by atoms with Gasteiger partial charge in [0.05, 0.1) is 5.02 Å². The zero-order chi connectivity index (χ0) is 20.2. The van der Waals surface area contributed by atoms with Crippen molar-refractivity contribution in [1.29, 1.82) is 0 Å². The molecule has 0 saturated heterocycles. The van der Waals surface area contributed by atoms with Crippen molar-refractivity contribution in [2.45, 2.75) is 6.61 Å². The molecule has 29 heavy (non-hydrogen) atoms. The summed E-state index contributed by atoms with van der Waals surface area (Å²) in [5.74, 6) is 1.97. The highest BCUT2D eigenvalue weighted by atomic mass is 35.5. The van der Waals surface area contributed by atoms with Crippen LogP contribution in [0.25, 0.3) is 6.08 Å². The van der Waals surface area contributed by atoms with Crippen LogP contribution >= 0.6 is 11.6 Å². The van der Waals surface area contributed by atoms with Crippen molar-refractivity contribution in [3.63, 3.8) is 0 Å². The molecule has 7 heteroatoms. The highest BCUT2D eigenvalue weighted by molar-refractivity contribution is 6.32. The Hall–Kier alpha value is -3.25. The summed E-state index contributed by atoms with van der Waals surface area (Å²) in [7, 11) is 0. The predicted octanol–water partition coefficient (Wildman–Crippen LogP) is 5.32. The largest absolute Gasteiger partial charge is 0.486 e. The molecule has 1 aliphatic rings. The maximum atomic E-state index is 13.1. The number of ketones is 1. The highest BCUT2D eigenvalue weighted by Crippen LogP contribution is 2.31. The summed E-state index contributed by atoms with van der Waals surface area (Å²) in [4.78, 5) is 12.4. The number of fused-ring (bicyclic) bond motifs is 1. The third-order valence-corrected chi connectivity index (χ3v) is 4.47. The van der Waals surface area contributed by atoms with Crippen LogP contribution in [0.3, 0.4) is 0 Å². The number of ether oxygens (including phenoxy) is 3. The summed E-state index contributed by atoms with van der Waals surface area (Å²) < 4.78 is 35.2. The number of rotatable bonds is 6. The zero-order valence-electron chi connectivity index (χ0n) is 15.2. The molecule has 3 aromatic rings. The number of benzene rings is 2. The molecule has 0 radical (unpaired) electrons. The van der Waals surface area contributed by atoms with E-state index in [9.17, 15) is 9.18 Å². The second-order valence-corrected chi connectivity index (χ2v) is 6.63. The van der Waals surface area contributed by atoms with E-state index in [2.05, 4.69) is 0 Å². The van der Waals surface area contributed by atoms with Crippen LogP contribution in [0.1, 0.15) is 21.9 Å². The summed E-state index contributed by atoms with van der Waals surface area (Å²) in [6.45, 7) is 1.08. The summed E-state index contributed by atoms with van der Waals surface area (Å²) in [6.07, 6.45) is 3.00. The quantitative estimate of drug-likeness (QED) is 0.403. The molecule has 0 fully saturated rings. The van der Waals surface area contributed by atoms with Gasteiger partial charge in [0.1, 0.15) is 42.9 Å². The average Bonchev–Trinajstić information content (AvgIpc) is 3.19. The van der Waals surface area contributed by atoms with Crippen LogP contribution in [-0.4, -0.2) is 19.0 Å². The Balaban J connectivity index is 1.38. The molecule has 4 rings (SSSR count). The van der Waals surface area contributed by atoms with Crippen molar-refractivity contribution >= 4 is 23.5 Å². The summed E-state index contributed by atoms with van der Waals surface area (Å²) in [5, 5.41) is 0.182. The number of hydrogen-bond donors (Lipinski definition) is 0. The Morgan fingerprint density at radius 2 is 1.90 bits per heavy atom. The molecule has 1 aromatic heterocycles. The minimum Gasteiger partial charge on any atom is -0.486 e.